The van der Waals surface area contributed by atoms with Crippen molar-refractivity contribution >= 4 is 65.0 Å². The van der Waals surface area contributed by atoms with Gasteiger partial charge in [0, 0.05) is 29.3 Å². The molecule has 0 unspecified atom stereocenters. The molecule has 0 spiro atoms. The Hall–Kier alpha value is -1.77. The van der Waals surface area contributed by atoms with Crippen LogP contribution in [0.4, 0.5) is 0 Å². The summed E-state index contributed by atoms with van der Waals surface area (Å²) in [5.41, 5.74) is 2.17. The summed E-state index contributed by atoms with van der Waals surface area (Å²) in [7, 11) is -3.64. The highest BCUT2D eigenvalue weighted by Gasteiger charge is 2.40. The summed E-state index contributed by atoms with van der Waals surface area (Å²) in [6, 6.07) is 16.6. The van der Waals surface area contributed by atoms with E-state index in [1.807, 2.05) is 12.1 Å². The Morgan fingerprint density at radius 1 is 0.538 bits per heavy atom. The molecule has 1 aliphatic rings. The van der Waals surface area contributed by atoms with Gasteiger partial charge in [-0.3, -0.25) is 0 Å². The minimum Gasteiger partial charge on any atom is -0.218 e. The molecule has 0 aliphatic carbocycles. The van der Waals surface area contributed by atoms with Gasteiger partial charge in [-0.2, -0.15) is 0 Å². The van der Waals surface area contributed by atoms with E-state index in [0.29, 0.717) is 9.81 Å². The Bertz CT molecular complexity index is 1420. The van der Waals surface area contributed by atoms with E-state index in [-0.39, 0.29) is 0 Å². The zero-order chi connectivity index (χ0) is 27.2. The SMILES string of the molecule is CCCCCCC1=C(c2ccc(-c3cccs3)s2)S(=O)(=O)C(c2ccc(-c3cccs3)s2)=C1CCCCCC. The number of hydrogen-bond donors (Lipinski definition) is 0. The van der Waals surface area contributed by atoms with Gasteiger partial charge in [-0.15, -0.1) is 45.3 Å². The number of hydrogen-bond acceptors (Lipinski definition) is 6. The summed E-state index contributed by atoms with van der Waals surface area (Å²) in [6.07, 6.45) is 10.7. The van der Waals surface area contributed by atoms with E-state index in [9.17, 15) is 8.42 Å². The van der Waals surface area contributed by atoms with Crippen LogP contribution >= 0.6 is 45.3 Å². The van der Waals surface area contributed by atoms with Crippen molar-refractivity contribution in [1.82, 2.24) is 0 Å². The van der Waals surface area contributed by atoms with Crippen LogP contribution in [-0.2, 0) is 9.84 Å². The van der Waals surface area contributed by atoms with Gasteiger partial charge in [0.05, 0.1) is 9.81 Å². The first-order valence-corrected chi connectivity index (χ1v) is 18.9. The van der Waals surface area contributed by atoms with Crippen molar-refractivity contribution in [3.05, 3.63) is 80.2 Å². The van der Waals surface area contributed by atoms with Crippen LogP contribution < -0.4 is 0 Å². The summed E-state index contributed by atoms with van der Waals surface area (Å²) >= 11 is 6.66. The quantitative estimate of drug-likeness (QED) is 0.133. The Kier molecular flexibility index (Phi) is 9.78. The molecule has 4 aromatic heterocycles. The number of unbranched alkanes of at least 4 members (excludes halogenated alkanes) is 6. The van der Waals surface area contributed by atoms with Gasteiger partial charge in [0.15, 0.2) is 0 Å². The van der Waals surface area contributed by atoms with E-state index in [1.165, 1.54) is 35.4 Å². The third-order valence-corrected chi connectivity index (χ3v) is 13.8. The summed E-state index contributed by atoms with van der Waals surface area (Å²) in [6.45, 7) is 4.45. The molecule has 0 radical (unpaired) electrons. The second-order valence-corrected chi connectivity index (χ2v) is 15.9. The molecule has 0 bridgehead atoms. The molecule has 0 aromatic carbocycles. The predicted molar refractivity (Wildman–Crippen MR) is 176 cm³/mol. The molecule has 0 saturated heterocycles. The van der Waals surface area contributed by atoms with E-state index in [2.05, 4.69) is 61.0 Å². The molecule has 4 aromatic rings. The third kappa shape index (κ3) is 6.28. The van der Waals surface area contributed by atoms with Crippen LogP contribution in [-0.4, -0.2) is 8.42 Å². The molecule has 39 heavy (non-hydrogen) atoms. The Morgan fingerprint density at radius 2 is 0.974 bits per heavy atom. The molecular weight excluding hydrogens is 577 g/mol. The molecular formula is C32H36O2S5. The van der Waals surface area contributed by atoms with Gasteiger partial charge in [-0.1, -0.05) is 64.5 Å². The Labute approximate surface area is 249 Å². The van der Waals surface area contributed by atoms with Crippen molar-refractivity contribution < 1.29 is 8.42 Å². The fourth-order valence-electron chi connectivity index (χ4n) is 5.27. The molecule has 0 fully saturated rings. The monoisotopic (exact) mass is 612 g/mol. The van der Waals surface area contributed by atoms with Crippen LogP contribution in [0.5, 0.6) is 0 Å². The van der Waals surface area contributed by atoms with Crippen LogP contribution in [0, 0.1) is 0 Å². The van der Waals surface area contributed by atoms with Crippen molar-refractivity contribution in [3.8, 4) is 19.5 Å². The van der Waals surface area contributed by atoms with Crippen LogP contribution in [0.2, 0.25) is 0 Å². The Balaban J connectivity index is 1.61. The summed E-state index contributed by atoms with van der Waals surface area (Å²) in [4.78, 5) is 7.61. The Morgan fingerprint density at radius 3 is 1.36 bits per heavy atom. The van der Waals surface area contributed by atoms with Crippen LogP contribution in [0.3, 0.4) is 0 Å². The van der Waals surface area contributed by atoms with Crippen LogP contribution in [0.25, 0.3) is 29.3 Å². The molecule has 5 rings (SSSR count). The first-order chi connectivity index (χ1) is 19.0. The molecule has 1 aliphatic heterocycles. The maximum absolute atomic E-state index is 14.6. The average Bonchev–Trinajstić information content (AvgIpc) is 3.75. The second-order valence-electron chi connectivity index (χ2n) is 10.0. The minimum atomic E-state index is -3.64. The summed E-state index contributed by atoms with van der Waals surface area (Å²) < 4.78 is 29.2. The van der Waals surface area contributed by atoms with Gasteiger partial charge in [-0.05, 0) is 84.0 Å². The van der Waals surface area contributed by atoms with Crippen molar-refractivity contribution in [3.63, 3.8) is 0 Å². The molecule has 5 heterocycles. The lowest BCUT2D eigenvalue weighted by Crippen LogP contribution is -2.01. The lowest BCUT2D eigenvalue weighted by atomic mass is 9.93. The standard InChI is InChI=1S/C32H36O2S5/c1-3-5-7-9-13-23-24(14-10-8-6-4-2)32(30-20-18-28(38-30)26-16-12-22-36-26)39(33,34)31(23)29-19-17-27(37-29)25-15-11-21-35-25/h11-12,15-22H,3-10,13-14H2,1-2H3. The van der Waals surface area contributed by atoms with Crippen molar-refractivity contribution in [2.24, 2.45) is 0 Å². The molecule has 0 saturated carbocycles. The largest absolute Gasteiger partial charge is 0.218 e. The number of rotatable bonds is 14. The molecule has 206 valence electrons. The van der Waals surface area contributed by atoms with Gasteiger partial charge in [0.25, 0.3) is 0 Å². The number of sulfone groups is 1. The first kappa shape index (κ1) is 28.7. The minimum absolute atomic E-state index is 0.582. The van der Waals surface area contributed by atoms with Gasteiger partial charge in [0.1, 0.15) is 0 Å². The molecule has 0 N–H and O–H groups in total. The summed E-state index contributed by atoms with van der Waals surface area (Å²) in [5, 5.41) is 4.16. The first-order valence-electron chi connectivity index (χ1n) is 14.0. The highest BCUT2D eigenvalue weighted by Crippen LogP contribution is 2.53. The normalized spacial score (nSPS) is 15.1. The molecule has 0 atom stereocenters. The fourth-order valence-corrected chi connectivity index (χ4v) is 11.8. The van der Waals surface area contributed by atoms with E-state index >= 15 is 0 Å². The average molecular weight is 613 g/mol. The van der Waals surface area contributed by atoms with Crippen LogP contribution in [0.1, 0.15) is 87.8 Å². The van der Waals surface area contributed by atoms with Gasteiger partial charge >= 0.3 is 0 Å². The highest BCUT2D eigenvalue weighted by atomic mass is 32.2. The van der Waals surface area contributed by atoms with Crippen LogP contribution in [0.15, 0.2) is 70.4 Å². The van der Waals surface area contributed by atoms with Gasteiger partial charge in [0.2, 0.25) is 9.84 Å². The lowest BCUT2D eigenvalue weighted by molar-refractivity contribution is 0.615. The topological polar surface area (TPSA) is 34.1 Å². The number of allylic oxidation sites excluding steroid dienone is 2. The molecule has 0 amide bonds. The fraction of sp³-hybridized carbons (Fsp3) is 0.375. The highest BCUT2D eigenvalue weighted by molar-refractivity contribution is 8.09. The van der Waals surface area contributed by atoms with E-state index in [1.54, 1.807) is 45.3 Å². The predicted octanol–water partition coefficient (Wildman–Crippen LogP) is 11.8. The summed E-state index contributed by atoms with van der Waals surface area (Å²) in [5.74, 6) is 0. The molecule has 7 heteroatoms. The van der Waals surface area contributed by atoms with Crippen molar-refractivity contribution in [2.45, 2.75) is 78.1 Å². The smallest absolute Gasteiger partial charge is 0.209 e. The maximum atomic E-state index is 14.6. The molecule has 2 nitrogen and oxygen atoms in total. The number of thiophene rings is 4. The van der Waals surface area contributed by atoms with E-state index < -0.39 is 9.84 Å². The third-order valence-electron chi connectivity index (χ3n) is 7.20. The zero-order valence-electron chi connectivity index (χ0n) is 22.7. The maximum Gasteiger partial charge on any atom is 0.209 e. The van der Waals surface area contributed by atoms with Crippen molar-refractivity contribution in [1.29, 1.82) is 0 Å². The zero-order valence-corrected chi connectivity index (χ0v) is 26.8. The van der Waals surface area contributed by atoms with E-state index in [4.69, 9.17) is 0 Å². The van der Waals surface area contributed by atoms with E-state index in [0.717, 1.165) is 69.2 Å². The van der Waals surface area contributed by atoms with Gasteiger partial charge < -0.3 is 0 Å². The van der Waals surface area contributed by atoms with Crippen molar-refractivity contribution in [2.75, 3.05) is 0 Å². The van der Waals surface area contributed by atoms with Gasteiger partial charge in [-0.25, -0.2) is 8.42 Å². The second kappa shape index (κ2) is 13.3. The lowest BCUT2D eigenvalue weighted by Gasteiger charge is -2.11.